The quantitative estimate of drug-likeness (QED) is 0.397. The van der Waals surface area contributed by atoms with Crippen LogP contribution in [0.15, 0.2) is 23.8 Å². The zero-order chi connectivity index (χ0) is 17.4. The lowest BCUT2D eigenvalue weighted by Crippen LogP contribution is -2.17. The van der Waals surface area contributed by atoms with Crippen LogP contribution >= 0.6 is 0 Å². The van der Waals surface area contributed by atoms with Gasteiger partial charge in [0.1, 0.15) is 0 Å². The van der Waals surface area contributed by atoms with Crippen LogP contribution in [0.5, 0.6) is 0 Å². The number of carbonyl (C=O) groups is 1. The Hall–Kier alpha value is -1.13. The maximum absolute atomic E-state index is 10.6. The van der Waals surface area contributed by atoms with Gasteiger partial charge in [0, 0.05) is 18.9 Å². The van der Waals surface area contributed by atoms with E-state index in [1.54, 1.807) is 0 Å². The maximum Gasteiger partial charge on any atom is 0.303 e. The molecule has 0 radical (unpaired) electrons. The van der Waals surface area contributed by atoms with Crippen LogP contribution in [0.3, 0.4) is 0 Å². The molecule has 0 aromatic heterocycles. The number of rotatable bonds is 11. The molecule has 4 heteroatoms. The second kappa shape index (κ2) is 10.00. The molecule has 0 saturated heterocycles. The van der Waals surface area contributed by atoms with E-state index in [0.29, 0.717) is 11.8 Å². The summed E-state index contributed by atoms with van der Waals surface area (Å²) in [5, 5.41) is 27.8. The van der Waals surface area contributed by atoms with Crippen molar-refractivity contribution >= 4 is 5.97 Å². The smallest absolute Gasteiger partial charge is 0.303 e. The molecule has 24 heavy (non-hydrogen) atoms. The molecule has 0 heterocycles. The Bertz CT molecular complexity index is 455. The van der Waals surface area contributed by atoms with Gasteiger partial charge >= 0.3 is 5.97 Å². The molecule has 0 aliphatic heterocycles. The maximum atomic E-state index is 10.6. The van der Waals surface area contributed by atoms with Gasteiger partial charge in [0.05, 0.1) is 6.10 Å². The predicted octanol–water partition coefficient (Wildman–Crippen LogP) is 3.68. The standard InChI is InChI=1S/C20H32O4/c21-11-6-4-2-1-3-5-9-17-18-13-15(8-7-10-20(23)24)12-16(18)14-19(17)22/h5,9,12,16-19,21-22H,1-4,6-8,10-11,13-14H2,(H,23,24)/t16-,17-,18-,19-/m1/s1. The van der Waals surface area contributed by atoms with Gasteiger partial charge in [0.25, 0.3) is 0 Å². The number of aliphatic hydroxyl groups excluding tert-OH is 2. The number of aliphatic carboxylic acids is 1. The molecule has 136 valence electrons. The summed E-state index contributed by atoms with van der Waals surface area (Å²) in [5.41, 5.74) is 1.39. The number of allylic oxidation sites excluding steroid dienone is 3. The molecule has 2 rings (SSSR count). The third-order valence-electron chi connectivity index (χ3n) is 5.48. The zero-order valence-electron chi connectivity index (χ0n) is 14.6. The Labute approximate surface area is 145 Å². The summed E-state index contributed by atoms with van der Waals surface area (Å²) in [7, 11) is 0. The number of hydrogen-bond acceptors (Lipinski definition) is 3. The molecule has 0 amide bonds. The first-order valence-electron chi connectivity index (χ1n) is 9.48. The Morgan fingerprint density at radius 3 is 2.75 bits per heavy atom. The highest BCUT2D eigenvalue weighted by Gasteiger charge is 2.42. The van der Waals surface area contributed by atoms with Crippen molar-refractivity contribution in [3.8, 4) is 0 Å². The highest BCUT2D eigenvalue weighted by atomic mass is 16.4. The zero-order valence-corrected chi connectivity index (χ0v) is 14.6. The number of carboxylic acid groups (broad SMARTS) is 1. The molecule has 4 nitrogen and oxygen atoms in total. The van der Waals surface area contributed by atoms with Gasteiger partial charge in [-0.15, -0.1) is 0 Å². The summed E-state index contributed by atoms with van der Waals surface area (Å²) < 4.78 is 0. The molecule has 2 aliphatic rings. The number of carboxylic acids is 1. The molecule has 0 bridgehead atoms. The average molecular weight is 336 g/mol. The van der Waals surface area contributed by atoms with Crippen molar-refractivity contribution in [3.63, 3.8) is 0 Å². The van der Waals surface area contributed by atoms with Crippen LogP contribution in [0.1, 0.15) is 64.2 Å². The lowest BCUT2D eigenvalue weighted by Gasteiger charge is -2.18. The minimum absolute atomic E-state index is 0.234. The molecule has 0 spiro atoms. The fraction of sp³-hybridized carbons (Fsp3) is 0.750. The lowest BCUT2D eigenvalue weighted by molar-refractivity contribution is -0.137. The SMILES string of the molecule is O=C(O)CCCC1=C[C@@H]2C[C@@H](O)[C@H](C=CCCCCCCO)[C@@H]2C1. The van der Waals surface area contributed by atoms with Gasteiger partial charge in [-0.1, -0.05) is 36.6 Å². The van der Waals surface area contributed by atoms with Crippen molar-refractivity contribution in [2.24, 2.45) is 17.8 Å². The van der Waals surface area contributed by atoms with Crippen molar-refractivity contribution in [3.05, 3.63) is 23.8 Å². The molecule has 2 aliphatic carbocycles. The molecule has 0 aromatic rings. The van der Waals surface area contributed by atoms with Gasteiger partial charge in [-0.05, 0) is 56.8 Å². The summed E-state index contributed by atoms with van der Waals surface area (Å²) in [6.45, 7) is 0.287. The summed E-state index contributed by atoms with van der Waals surface area (Å²) in [4.78, 5) is 10.6. The number of fused-ring (bicyclic) bond motifs is 1. The Kier molecular flexibility index (Phi) is 8.00. The Morgan fingerprint density at radius 1 is 1.21 bits per heavy atom. The van der Waals surface area contributed by atoms with E-state index in [0.717, 1.165) is 57.8 Å². The fourth-order valence-electron chi connectivity index (χ4n) is 4.24. The molecular weight excluding hydrogens is 304 g/mol. The topological polar surface area (TPSA) is 77.8 Å². The molecular formula is C20H32O4. The van der Waals surface area contributed by atoms with E-state index >= 15 is 0 Å². The second-order valence-corrected chi connectivity index (χ2v) is 7.34. The normalized spacial score (nSPS) is 29.2. The molecule has 3 N–H and O–H groups in total. The van der Waals surface area contributed by atoms with E-state index in [2.05, 4.69) is 18.2 Å². The van der Waals surface area contributed by atoms with Crippen molar-refractivity contribution in [1.29, 1.82) is 0 Å². The summed E-state index contributed by atoms with van der Waals surface area (Å²) in [6, 6.07) is 0. The summed E-state index contributed by atoms with van der Waals surface area (Å²) in [6.07, 6.45) is 15.6. The lowest BCUT2D eigenvalue weighted by atomic mass is 9.88. The van der Waals surface area contributed by atoms with Crippen LogP contribution < -0.4 is 0 Å². The van der Waals surface area contributed by atoms with Gasteiger partial charge < -0.3 is 15.3 Å². The largest absolute Gasteiger partial charge is 0.481 e. The van der Waals surface area contributed by atoms with Crippen LogP contribution in [-0.4, -0.2) is 34.0 Å². The van der Waals surface area contributed by atoms with E-state index in [9.17, 15) is 9.90 Å². The van der Waals surface area contributed by atoms with Crippen LogP contribution in [0, 0.1) is 17.8 Å². The van der Waals surface area contributed by atoms with Gasteiger partial charge in [-0.3, -0.25) is 4.79 Å². The highest BCUT2D eigenvalue weighted by molar-refractivity contribution is 5.66. The molecule has 0 unspecified atom stereocenters. The first-order valence-corrected chi connectivity index (χ1v) is 9.48. The second-order valence-electron chi connectivity index (χ2n) is 7.34. The molecule has 0 aromatic carbocycles. The number of hydrogen-bond donors (Lipinski definition) is 3. The van der Waals surface area contributed by atoms with Gasteiger partial charge in [-0.2, -0.15) is 0 Å². The first-order chi connectivity index (χ1) is 11.6. The third-order valence-corrected chi connectivity index (χ3v) is 5.48. The predicted molar refractivity (Wildman–Crippen MR) is 94.6 cm³/mol. The summed E-state index contributed by atoms with van der Waals surface area (Å²) in [5.74, 6) is 0.508. The van der Waals surface area contributed by atoms with E-state index in [1.165, 1.54) is 5.57 Å². The van der Waals surface area contributed by atoms with E-state index < -0.39 is 5.97 Å². The molecule has 4 atom stereocenters. The Balaban J connectivity index is 1.72. The van der Waals surface area contributed by atoms with Crippen molar-refractivity contribution in [1.82, 2.24) is 0 Å². The van der Waals surface area contributed by atoms with Crippen molar-refractivity contribution in [2.75, 3.05) is 6.61 Å². The first kappa shape index (κ1) is 19.2. The van der Waals surface area contributed by atoms with E-state index in [4.69, 9.17) is 10.2 Å². The van der Waals surface area contributed by atoms with Crippen molar-refractivity contribution < 1.29 is 20.1 Å². The highest BCUT2D eigenvalue weighted by Crippen LogP contribution is 2.48. The average Bonchev–Trinajstić information content (AvgIpc) is 3.03. The minimum Gasteiger partial charge on any atom is -0.481 e. The van der Waals surface area contributed by atoms with Crippen LogP contribution in [0.25, 0.3) is 0 Å². The van der Waals surface area contributed by atoms with Gasteiger partial charge in [-0.25, -0.2) is 0 Å². The number of unbranched alkanes of at least 4 members (excludes halogenated alkanes) is 4. The van der Waals surface area contributed by atoms with E-state index in [-0.39, 0.29) is 25.0 Å². The Morgan fingerprint density at radius 2 is 2.00 bits per heavy atom. The van der Waals surface area contributed by atoms with Gasteiger partial charge in [0.15, 0.2) is 0 Å². The van der Waals surface area contributed by atoms with Gasteiger partial charge in [0.2, 0.25) is 0 Å². The van der Waals surface area contributed by atoms with E-state index in [1.807, 2.05) is 0 Å². The summed E-state index contributed by atoms with van der Waals surface area (Å²) >= 11 is 0. The third kappa shape index (κ3) is 5.75. The monoisotopic (exact) mass is 336 g/mol. The van der Waals surface area contributed by atoms with Crippen molar-refractivity contribution in [2.45, 2.75) is 70.3 Å². The fourth-order valence-corrected chi connectivity index (χ4v) is 4.24. The number of aliphatic hydroxyl groups is 2. The molecule has 1 saturated carbocycles. The minimum atomic E-state index is -0.719. The molecule has 1 fully saturated rings. The van der Waals surface area contributed by atoms with Crippen LogP contribution in [-0.2, 0) is 4.79 Å². The van der Waals surface area contributed by atoms with Crippen LogP contribution in [0.2, 0.25) is 0 Å². The van der Waals surface area contributed by atoms with Crippen LogP contribution in [0.4, 0.5) is 0 Å².